The zero-order valence-corrected chi connectivity index (χ0v) is 8.27. The van der Waals surface area contributed by atoms with E-state index < -0.39 is 5.97 Å². The van der Waals surface area contributed by atoms with E-state index in [0.29, 0.717) is 16.9 Å². The Morgan fingerprint density at radius 1 is 1.19 bits per heavy atom. The molecule has 0 fully saturated rings. The molecule has 1 aliphatic rings. The molecular weight excluding hydrogens is 208 g/mol. The predicted octanol–water partition coefficient (Wildman–Crippen LogP) is 2.27. The molecule has 0 aromatic heterocycles. The fraction of sp³-hybridized carbons (Fsp3) is 0.0833. The lowest BCUT2D eigenvalue weighted by atomic mass is 10.0. The molecule has 0 spiro atoms. The third kappa shape index (κ3) is 1.13. The summed E-state index contributed by atoms with van der Waals surface area (Å²) >= 11 is 0. The Labute approximate surface area is 91.0 Å². The normalized spacial score (nSPS) is 13.0. The van der Waals surface area contributed by atoms with Crippen LogP contribution in [0.1, 0.15) is 10.4 Å². The molecule has 1 heterocycles. The molecule has 16 heavy (non-hydrogen) atoms. The van der Waals surface area contributed by atoms with E-state index in [-0.39, 0.29) is 12.4 Å². The van der Waals surface area contributed by atoms with Crippen LogP contribution < -0.4 is 9.47 Å². The van der Waals surface area contributed by atoms with Gasteiger partial charge >= 0.3 is 5.97 Å². The molecule has 0 saturated carbocycles. The van der Waals surface area contributed by atoms with Crippen LogP contribution >= 0.6 is 0 Å². The highest BCUT2D eigenvalue weighted by Crippen LogP contribution is 2.40. The van der Waals surface area contributed by atoms with Crippen molar-refractivity contribution in [3.05, 3.63) is 35.9 Å². The molecular formula is C12H8O4. The second-order valence-electron chi connectivity index (χ2n) is 3.51. The topological polar surface area (TPSA) is 55.8 Å². The lowest BCUT2D eigenvalue weighted by molar-refractivity contribution is 0.0698. The maximum Gasteiger partial charge on any atom is 0.336 e. The Morgan fingerprint density at radius 3 is 2.88 bits per heavy atom. The van der Waals surface area contributed by atoms with Crippen molar-refractivity contribution < 1.29 is 19.4 Å². The number of ether oxygens (including phenoxy) is 2. The van der Waals surface area contributed by atoms with Gasteiger partial charge in [-0.3, -0.25) is 0 Å². The summed E-state index contributed by atoms with van der Waals surface area (Å²) in [6.45, 7) is 0.141. The van der Waals surface area contributed by atoms with Crippen LogP contribution in [0.15, 0.2) is 30.3 Å². The highest BCUT2D eigenvalue weighted by molar-refractivity contribution is 6.07. The molecule has 2 aromatic carbocycles. The highest BCUT2D eigenvalue weighted by atomic mass is 16.7. The first-order valence-corrected chi connectivity index (χ1v) is 4.82. The highest BCUT2D eigenvalue weighted by Gasteiger charge is 2.20. The van der Waals surface area contributed by atoms with E-state index in [1.807, 2.05) is 12.1 Å². The summed E-state index contributed by atoms with van der Waals surface area (Å²) < 4.78 is 10.5. The first-order valence-electron chi connectivity index (χ1n) is 4.82. The molecule has 1 N–H and O–H groups in total. The first kappa shape index (κ1) is 9.03. The largest absolute Gasteiger partial charge is 0.478 e. The third-order valence-electron chi connectivity index (χ3n) is 2.61. The van der Waals surface area contributed by atoms with Crippen LogP contribution in [0.5, 0.6) is 11.5 Å². The second kappa shape index (κ2) is 3.13. The first-order chi connectivity index (χ1) is 7.77. The van der Waals surface area contributed by atoms with Gasteiger partial charge in [-0.15, -0.1) is 0 Å². The molecule has 4 nitrogen and oxygen atoms in total. The number of benzene rings is 2. The second-order valence-corrected chi connectivity index (χ2v) is 3.51. The minimum absolute atomic E-state index is 0.141. The van der Waals surface area contributed by atoms with Crippen LogP contribution in [0.2, 0.25) is 0 Å². The number of carboxylic acids is 1. The van der Waals surface area contributed by atoms with Crippen molar-refractivity contribution in [3.8, 4) is 11.5 Å². The van der Waals surface area contributed by atoms with Crippen LogP contribution in [-0.4, -0.2) is 17.9 Å². The monoisotopic (exact) mass is 216 g/mol. The average molecular weight is 216 g/mol. The van der Waals surface area contributed by atoms with E-state index in [1.165, 1.54) is 0 Å². The zero-order chi connectivity index (χ0) is 11.1. The zero-order valence-electron chi connectivity index (χ0n) is 8.27. The molecule has 0 saturated heterocycles. The molecule has 0 amide bonds. The molecule has 0 bridgehead atoms. The molecule has 0 radical (unpaired) electrons. The van der Waals surface area contributed by atoms with Crippen molar-refractivity contribution in [2.75, 3.05) is 6.79 Å². The number of carboxylic acid groups (broad SMARTS) is 1. The standard InChI is InChI=1S/C12H8O4/c13-12(14)8-3-1-2-7-4-5-9-11(10(7)8)16-6-15-9/h1-5H,6H2,(H,13,14). The smallest absolute Gasteiger partial charge is 0.336 e. The lowest BCUT2D eigenvalue weighted by Crippen LogP contribution is -1.98. The molecule has 0 unspecified atom stereocenters. The quantitative estimate of drug-likeness (QED) is 0.794. The molecule has 0 aliphatic carbocycles. The van der Waals surface area contributed by atoms with Crippen molar-refractivity contribution in [2.24, 2.45) is 0 Å². The van der Waals surface area contributed by atoms with Crippen molar-refractivity contribution in [1.29, 1.82) is 0 Å². The average Bonchev–Trinajstić information content (AvgIpc) is 2.76. The lowest BCUT2D eigenvalue weighted by Gasteiger charge is -2.05. The van der Waals surface area contributed by atoms with Gasteiger partial charge < -0.3 is 14.6 Å². The summed E-state index contributed by atoms with van der Waals surface area (Å²) in [5, 5.41) is 10.6. The molecule has 2 aromatic rings. The van der Waals surface area contributed by atoms with Crippen LogP contribution in [0.25, 0.3) is 10.8 Å². The van der Waals surface area contributed by atoms with E-state index in [0.717, 1.165) is 5.39 Å². The Hall–Kier alpha value is -2.23. The molecule has 4 heteroatoms. The van der Waals surface area contributed by atoms with Crippen LogP contribution in [-0.2, 0) is 0 Å². The van der Waals surface area contributed by atoms with Crippen molar-refractivity contribution in [2.45, 2.75) is 0 Å². The van der Waals surface area contributed by atoms with Crippen molar-refractivity contribution >= 4 is 16.7 Å². The Bertz CT molecular complexity index is 589. The van der Waals surface area contributed by atoms with Gasteiger partial charge in [0.15, 0.2) is 11.5 Å². The molecule has 0 atom stereocenters. The molecule has 80 valence electrons. The van der Waals surface area contributed by atoms with Crippen LogP contribution in [0, 0.1) is 0 Å². The Kier molecular flexibility index (Phi) is 1.77. The van der Waals surface area contributed by atoms with Crippen LogP contribution in [0.4, 0.5) is 0 Å². The summed E-state index contributed by atoms with van der Waals surface area (Å²) in [5.74, 6) is 0.159. The van der Waals surface area contributed by atoms with Crippen molar-refractivity contribution in [1.82, 2.24) is 0 Å². The van der Waals surface area contributed by atoms with E-state index in [9.17, 15) is 4.79 Å². The van der Waals surface area contributed by atoms with Gasteiger partial charge in [-0.2, -0.15) is 0 Å². The van der Waals surface area contributed by atoms with Gasteiger partial charge in [0.05, 0.1) is 5.56 Å². The SMILES string of the molecule is O=C(O)c1cccc2ccc3c(c12)OCO3. The number of hydrogen-bond donors (Lipinski definition) is 1. The Balaban J connectivity index is 2.44. The van der Waals surface area contributed by atoms with E-state index in [2.05, 4.69) is 0 Å². The van der Waals surface area contributed by atoms with Gasteiger partial charge in [-0.05, 0) is 17.5 Å². The van der Waals surface area contributed by atoms with Crippen molar-refractivity contribution in [3.63, 3.8) is 0 Å². The Morgan fingerprint density at radius 2 is 2.06 bits per heavy atom. The number of carbonyl (C=O) groups is 1. The third-order valence-corrected chi connectivity index (χ3v) is 2.61. The summed E-state index contributed by atoms with van der Waals surface area (Å²) in [5.41, 5.74) is 0.236. The van der Waals surface area contributed by atoms with Crippen LogP contribution in [0.3, 0.4) is 0 Å². The summed E-state index contributed by atoms with van der Waals surface area (Å²) in [6, 6.07) is 8.75. The van der Waals surface area contributed by atoms with E-state index in [4.69, 9.17) is 14.6 Å². The number of hydrogen-bond acceptors (Lipinski definition) is 3. The van der Waals surface area contributed by atoms with Gasteiger partial charge in [0.25, 0.3) is 0 Å². The van der Waals surface area contributed by atoms with E-state index in [1.54, 1.807) is 18.2 Å². The molecule has 1 aliphatic heterocycles. The minimum atomic E-state index is -0.963. The van der Waals surface area contributed by atoms with Gasteiger partial charge in [0.2, 0.25) is 6.79 Å². The maximum absolute atomic E-state index is 11.1. The molecule has 3 rings (SSSR count). The minimum Gasteiger partial charge on any atom is -0.478 e. The summed E-state index contributed by atoms with van der Waals surface area (Å²) in [4.78, 5) is 11.1. The predicted molar refractivity (Wildman–Crippen MR) is 57.0 cm³/mol. The number of fused-ring (bicyclic) bond motifs is 3. The summed E-state index contributed by atoms with van der Waals surface area (Å²) in [7, 11) is 0. The van der Waals surface area contributed by atoms with Gasteiger partial charge in [-0.25, -0.2) is 4.79 Å². The van der Waals surface area contributed by atoms with Gasteiger partial charge in [0.1, 0.15) is 0 Å². The van der Waals surface area contributed by atoms with Gasteiger partial charge in [0, 0.05) is 5.39 Å². The number of rotatable bonds is 1. The number of aromatic carboxylic acids is 1. The fourth-order valence-electron chi connectivity index (χ4n) is 1.91. The maximum atomic E-state index is 11.1. The van der Waals surface area contributed by atoms with E-state index >= 15 is 0 Å². The fourth-order valence-corrected chi connectivity index (χ4v) is 1.91. The van der Waals surface area contributed by atoms with Gasteiger partial charge in [-0.1, -0.05) is 18.2 Å². The summed E-state index contributed by atoms with van der Waals surface area (Å²) in [6.07, 6.45) is 0.